The number of hydrogen-bond acceptors (Lipinski definition) is 3. The molecule has 0 aliphatic heterocycles. The van der Waals surface area contributed by atoms with Gasteiger partial charge in [-0.3, -0.25) is 4.55 Å². The van der Waals surface area contributed by atoms with Crippen molar-refractivity contribution in [3.63, 3.8) is 0 Å². The highest BCUT2D eigenvalue weighted by atomic mass is 127. The van der Waals surface area contributed by atoms with Crippen LogP contribution in [0.3, 0.4) is 0 Å². The number of alkyl halides is 1. The molecular formula is C3H7IO4S. The number of rotatable bonds is 3. The first kappa shape index (κ1) is 9.60. The quantitative estimate of drug-likeness (QED) is 0.462. The average Bonchev–Trinajstić information content (AvgIpc) is 1.62. The van der Waals surface area contributed by atoms with Crippen molar-refractivity contribution in [1.29, 1.82) is 0 Å². The summed E-state index contributed by atoms with van der Waals surface area (Å²) in [6.45, 7) is 1.56. The molecule has 0 spiro atoms. The van der Waals surface area contributed by atoms with Crippen LogP contribution in [0.25, 0.3) is 0 Å². The van der Waals surface area contributed by atoms with Crippen LogP contribution in [-0.4, -0.2) is 23.5 Å². The van der Waals surface area contributed by atoms with Crippen molar-refractivity contribution in [1.82, 2.24) is 0 Å². The largest absolute Gasteiger partial charge is 0.397 e. The molecule has 0 rings (SSSR count). The Morgan fingerprint density at radius 2 is 2.22 bits per heavy atom. The van der Waals surface area contributed by atoms with Crippen LogP contribution in [-0.2, 0) is 14.6 Å². The van der Waals surface area contributed by atoms with Crippen LogP contribution in [0.4, 0.5) is 0 Å². The maximum absolute atomic E-state index is 9.93. The second kappa shape index (κ2) is 3.69. The maximum Gasteiger partial charge on any atom is 0.397 e. The van der Waals surface area contributed by atoms with Crippen LogP contribution >= 0.6 is 22.6 Å². The normalized spacial score (nSPS) is 15.4. The summed E-state index contributed by atoms with van der Waals surface area (Å²) in [5.74, 6) is 0. The highest BCUT2D eigenvalue weighted by Crippen LogP contribution is 1.99. The highest BCUT2D eigenvalue weighted by Gasteiger charge is 2.09. The summed E-state index contributed by atoms with van der Waals surface area (Å²) in [5.41, 5.74) is 0. The van der Waals surface area contributed by atoms with Crippen molar-refractivity contribution in [2.24, 2.45) is 0 Å². The van der Waals surface area contributed by atoms with Gasteiger partial charge in [0.15, 0.2) is 0 Å². The molecule has 0 fully saturated rings. The number of halogens is 1. The van der Waals surface area contributed by atoms with E-state index < -0.39 is 16.5 Å². The second-order valence-electron chi connectivity index (χ2n) is 1.49. The lowest BCUT2D eigenvalue weighted by Crippen LogP contribution is -2.15. The third-order valence-corrected chi connectivity index (χ3v) is 2.32. The molecule has 56 valence electrons. The minimum absolute atomic E-state index is 0.458. The molecule has 0 saturated carbocycles. The lowest BCUT2D eigenvalue weighted by Gasteiger charge is -2.03. The predicted molar refractivity (Wildman–Crippen MR) is 41.0 cm³/mol. The van der Waals surface area contributed by atoms with E-state index in [1.807, 2.05) is 22.6 Å². The zero-order valence-electron chi connectivity index (χ0n) is 4.74. The molecule has 0 radical (unpaired) electrons. The van der Waals surface area contributed by atoms with Crippen LogP contribution in [0.5, 0.6) is 0 Å². The van der Waals surface area contributed by atoms with Crippen LogP contribution in [0, 0.1) is 0 Å². The van der Waals surface area contributed by atoms with E-state index in [1.165, 1.54) is 0 Å². The Hall–Kier alpha value is 0.600. The molecular weight excluding hydrogens is 259 g/mol. The standard InChI is InChI=1S/C3H7IO4S/c1-3(2-4)8-9(5,6)7/h3H,2H2,1H3,(H,5,6,7). The molecule has 0 saturated heterocycles. The van der Waals surface area contributed by atoms with Crippen molar-refractivity contribution in [3.05, 3.63) is 0 Å². The van der Waals surface area contributed by atoms with Gasteiger partial charge in [-0.1, -0.05) is 22.6 Å². The van der Waals surface area contributed by atoms with Crippen molar-refractivity contribution in [2.45, 2.75) is 13.0 Å². The lowest BCUT2D eigenvalue weighted by atomic mass is 10.5. The Morgan fingerprint density at radius 3 is 2.33 bits per heavy atom. The smallest absolute Gasteiger partial charge is 0.264 e. The van der Waals surface area contributed by atoms with Gasteiger partial charge in [-0.05, 0) is 6.92 Å². The van der Waals surface area contributed by atoms with Gasteiger partial charge in [0.2, 0.25) is 0 Å². The first-order valence-electron chi connectivity index (χ1n) is 2.17. The summed E-state index contributed by atoms with van der Waals surface area (Å²) in [5, 5.41) is 0. The Morgan fingerprint density at radius 1 is 1.78 bits per heavy atom. The monoisotopic (exact) mass is 266 g/mol. The zero-order valence-corrected chi connectivity index (χ0v) is 7.72. The maximum atomic E-state index is 9.93. The summed E-state index contributed by atoms with van der Waals surface area (Å²) in [6.07, 6.45) is -0.458. The molecule has 6 heteroatoms. The molecule has 0 bridgehead atoms. The van der Waals surface area contributed by atoms with Crippen LogP contribution in [0.2, 0.25) is 0 Å². The molecule has 1 N–H and O–H groups in total. The Bertz CT molecular complexity index is 163. The highest BCUT2D eigenvalue weighted by molar-refractivity contribution is 14.1. The third-order valence-electron chi connectivity index (χ3n) is 0.503. The average molecular weight is 266 g/mol. The van der Waals surface area contributed by atoms with E-state index in [9.17, 15) is 8.42 Å². The molecule has 1 unspecified atom stereocenters. The molecule has 0 aliphatic carbocycles. The summed E-state index contributed by atoms with van der Waals surface area (Å²) in [7, 11) is -4.24. The molecule has 0 aromatic rings. The number of hydrogen-bond donors (Lipinski definition) is 1. The minimum atomic E-state index is -4.24. The molecule has 0 heterocycles. The van der Waals surface area contributed by atoms with Crippen molar-refractivity contribution >= 4 is 33.0 Å². The van der Waals surface area contributed by atoms with Gasteiger partial charge < -0.3 is 0 Å². The van der Waals surface area contributed by atoms with Gasteiger partial charge >= 0.3 is 10.4 Å². The summed E-state index contributed by atoms with van der Waals surface area (Å²) >= 11 is 1.95. The van der Waals surface area contributed by atoms with Gasteiger partial charge in [0, 0.05) is 4.43 Å². The fourth-order valence-corrected chi connectivity index (χ4v) is 1.14. The van der Waals surface area contributed by atoms with Gasteiger partial charge in [-0.15, -0.1) is 0 Å². The summed E-state index contributed by atoms with van der Waals surface area (Å²) < 4.78 is 32.6. The zero-order chi connectivity index (χ0) is 7.49. The second-order valence-corrected chi connectivity index (χ2v) is 3.42. The van der Waals surface area contributed by atoms with Crippen molar-refractivity contribution in [2.75, 3.05) is 4.43 Å². The van der Waals surface area contributed by atoms with Crippen molar-refractivity contribution in [3.8, 4) is 0 Å². The van der Waals surface area contributed by atoms with Gasteiger partial charge in [0.05, 0.1) is 6.10 Å². The molecule has 1 atom stereocenters. The first-order chi connectivity index (χ1) is 3.95. The lowest BCUT2D eigenvalue weighted by molar-refractivity contribution is 0.219. The van der Waals surface area contributed by atoms with Gasteiger partial charge in [-0.25, -0.2) is 4.18 Å². The molecule has 4 nitrogen and oxygen atoms in total. The molecule has 0 aromatic carbocycles. The van der Waals surface area contributed by atoms with Crippen LogP contribution in [0.15, 0.2) is 0 Å². The molecule has 0 amide bonds. The topological polar surface area (TPSA) is 63.6 Å². The van der Waals surface area contributed by atoms with Gasteiger partial charge in [0.25, 0.3) is 0 Å². The molecule has 0 aliphatic rings. The summed E-state index contributed by atoms with van der Waals surface area (Å²) in [4.78, 5) is 0. The Labute approximate surface area is 67.7 Å². The Balaban J connectivity index is 3.75. The predicted octanol–water partition coefficient (Wildman–Crippen LogP) is 0.629. The summed E-state index contributed by atoms with van der Waals surface area (Å²) in [6, 6.07) is 0. The van der Waals surface area contributed by atoms with Gasteiger partial charge in [-0.2, -0.15) is 8.42 Å². The van der Waals surface area contributed by atoms with E-state index in [4.69, 9.17) is 4.55 Å². The van der Waals surface area contributed by atoms with Gasteiger partial charge in [0.1, 0.15) is 0 Å². The first-order valence-corrected chi connectivity index (χ1v) is 5.06. The van der Waals surface area contributed by atoms with E-state index >= 15 is 0 Å². The third kappa shape index (κ3) is 6.49. The molecule has 0 aromatic heterocycles. The van der Waals surface area contributed by atoms with E-state index in [1.54, 1.807) is 6.92 Å². The SMILES string of the molecule is CC(CI)OS(=O)(=O)O. The van der Waals surface area contributed by atoms with Crippen molar-refractivity contribution < 1.29 is 17.2 Å². The van der Waals surface area contributed by atoms with Crippen LogP contribution in [0.1, 0.15) is 6.92 Å². The van der Waals surface area contributed by atoms with E-state index in [0.29, 0.717) is 4.43 Å². The van der Waals surface area contributed by atoms with E-state index in [-0.39, 0.29) is 0 Å². The van der Waals surface area contributed by atoms with Crippen LogP contribution < -0.4 is 0 Å². The fourth-order valence-electron chi connectivity index (χ4n) is 0.233. The Kier molecular flexibility index (Phi) is 3.94. The fraction of sp³-hybridized carbons (Fsp3) is 1.00. The van der Waals surface area contributed by atoms with E-state index in [2.05, 4.69) is 4.18 Å². The minimum Gasteiger partial charge on any atom is -0.264 e. The molecule has 9 heavy (non-hydrogen) atoms. The van der Waals surface area contributed by atoms with E-state index in [0.717, 1.165) is 0 Å².